The Morgan fingerprint density at radius 1 is 1.53 bits per heavy atom. The Kier molecular flexibility index (Phi) is 3.53. The van der Waals surface area contributed by atoms with Crippen molar-refractivity contribution in [1.82, 2.24) is 5.32 Å². The Hall–Kier alpha value is 0.140. The second-order valence-electron chi connectivity index (χ2n) is 4.57. The topological polar surface area (TPSA) is 12.0 Å². The fraction of sp³-hybridized carbons (Fsp3) is 0.667. The molecule has 0 aliphatic heterocycles. The van der Waals surface area contributed by atoms with E-state index in [4.69, 9.17) is 0 Å². The number of hydrogen-bond acceptors (Lipinski definition) is 2. The van der Waals surface area contributed by atoms with Crippen molar-refractivity contribution >= 4 is 27.3 Å². The first kappa shape index (κ1) is 11.6. The van der Waals surface area contributed by atoms with Crippen molar-refractivity contribution in [3.8, 4) is 0 Å². The van der Waals surface area contributed by atoms with E-state index >= 15 is 0 Å². The number of thiophene rings is 1. The van der Waals surface area contributed by atoms with Crippen LogP contribution in [0.25, 0.3) is 0 Å². The Balaban J connectivity index is 2.17. The molecule has 1 heterocycles. The summed E-state index contributed by atoms with van der Waals surface area (Å²) in [5.74, 6) is 1.71. The molecule has 84 valence electrons. The van der Waals surface area contributed by atoms with E-state index in [1.54, 1.807) is 0 Å². The molecule has 2 unspecified atom stereocenters. The summed E-state index contributed by atoms with van der Waals surface area (Å²) < 4.78 is 1.28. The van der Waals surface area contributed by atoms with Crippen molar-refractivity contribution in [3.05, 3.63) is 20.3 Å². The molecule has 0 spiro atoms. The standard InChI is InChI=1S/C12H18BrNS/c1-7-6-10(15-12(7)13)11(14-3)8(2)9-4-5-9/h6,8-9,11,14H,4-5H2,1-3H3. The maximum atomic E-state index is 3.61. The van der Waals surface area contributed by atoms with Crippen LogP contribution in [0.5, 0.6) is 0 Å². The van der Waals surface area contributed by atoms with E-state index in [0.29, 0.717) is 6.04 Å². The van der Waals surface area contributed by atoms with Crippen LogP contribution in [0.3, 0.4) is 0 Å². The largest absolute Gasteiger partial charge is 0.312 e. The maximum Gasteiger partial charge on any atom is 0.0731 e. The fourth-order valence-corrected chi connectivity index (χ4v) is 3.99. The molecule has 1 aliphatic rings. The van der Waals surface area contributed by atoms with E-state index in [1.165, 1.54) is 27.1 Å². The molecule has 1 aliphatic carbocycles. The normalized spacial score (nSPS) is 20.3. The second-order valence-corrected chi connectivity index (χ2v) is 6.97. The third kappa shape index (κ3) is 2.45. The summed E-state index contributed by atoms with van der Waals surface area (Å²) in [5, 5.41) is 3.47. The first-order valence-corrected chi connectivity index (χ1v) is 7.17. The number of nitrogens with one attached hydrogen (secondary N) is 1. The maximum absolute atomic E-state index is 3.61. The molecule has 1 fully saturated rings. The fourth-order valence-electron chi connectivity index (χ4n) is 2.20. The van der Waals surface area contributed by atoms with Crippen molar-refractivity contribution < 1.29 is 0 Å². The van der Waals surface area contributed by atoms with Gasteiger partial charge in [-0.25, -0.2) is 0 Å². The molecule has 3 heteroatoms. The van der Waals surface area contributed by atoms with Gasteiger partial charge in [-0.3, -0.25) is 0 Å². The highest BCUT2D eigenvalue weighted by atomic mass is 79.9. The SMILES string of the molecule is CNC(c1cc(C)c(Br)s1)C(C)C1CC1. The van der Waals surface area contributed by atoms with Gasteiger partial charge in [-0.15, -0.1) is 11.3 Å². The zero-order chi connectivity index (χ0) is 11.0. The van der Waals surface area contributed by atoms with Gasteiger partial charge in [0.2, 0.25) is 0 Å². The first-order chi connectivity index (χ1) is 7.13. The molecular weight excluding hydrogens is 270 g/mol. The Morgan fingerprint density at radius 3 is 2.60 bits per heavy atom. The van der Waals surface area contributed by atoms with Gasteiger partial charge in [-0.2, -0.15) is 0 Å². The van der Waals surface area contributed by atoms with Gasteiger partial charge in [0.1, 0.15) is 0 Å². The lowest BCUT2D eigenvalue weighted by molar-refractivity contribution is 0.374. The Labute approximate surface area is 104 Å². The van der Waals surface area contributed by atoms with Crippen LogP contribution < -0.4 is 5.32 Å². The minimum Gasteiger partial charge on any atom is -0.312 e. The molecule has 0 amide bonds. The molecular formula is C12H18BrNS. The number of halogens is 1. The zero-order valence-electron chi connectivity index (χ0n) is 9.51. The molecule has 2 rings (SSSR count). The van der Waals surface area contributed by atoms with Crippen LogP contribution in [0.1, 0.15) is 36.2 Å². The third-order valence-electron chi connectivity index (χ3n) is 3.39. The molecule has 1 nitrogen and oxygen atoms in total. The predicted octanol–water partition coefficient (Wildman–Crippen LogP) is 4.13. The van der Waals surface area contributed by atoms with Crippen LogP contribution in [0.2, 0.25) is 0 Å². The predicted molar refractivity (Wildman–Crippen MR) is 70.4 cm³/mol. The first-order valence-electron chi connectivity index (χ1n) is 5.56. The van der Waals surface area contributed by atoms with Crippen LogP contribution in [-0.4, -0.2) is 7.05 Å². The number of aryl methyl sites for hydroxylation is 1. The van der Waals surface area contributed by atoms with Gasteiger partial charge in [-0.1, -0.05) is 6.92 Å². The lowest BCUT2D eigenvalue weighted by atomic mass is 9.95. The molecule has 2 atom stereocenters. The zero-order valence-corrected chi connectivity index (χ0v) is 11.9. The van der Waals surface area contributed by atoms with Gasteiger partial charge in [0, 0.05) is 10.9 Å². The van der Waals surface area contributed by atoms with E-state index in [-0.39, 0.29) is 0 Å². The van der Waals surface area contributed by atoms with E-state index < -0.39 is 0 Å². The highest BCUT2D eigenvalue weighted by molar-refractivity contribution is 9.11. The Bertz CT molecular complexity index is 324. The summed E-state index contributed by atoms with van der Waals surface area (Å²) in [4.78, 5) is 1.47. The van der Waals surface area contributed by atoms with Crippen molar-refractivity contribution in [2.75, 3.05) is 7.05 Å². The minimum absolute atomic E-state index is 0.535. The molecule has 15 heavy (non-hydrogen) atoms. The van der Waals surface area contributed by atoms with Crippen LogP contribution in [-0.2, 0) is 0 Å². The molecule has 0 radical (unpaired) electrons. The number of rotatable bonds is 4. The summed E-state index contributed by atoms with van der Waals surface area (Å²) in [6.45, 7) is 4.54. The van der Waals surface area contributed by atoms with Crippen LogP contribution >= 0.6 is 27.3 Å². The average Bonchev–Trinajstić information content (AvgIpc) is 2.97. The van der Waals surface area contributed by atoms with E-state index in [1.807, 2.05) is 11.3 Å². The summed E-state index contributed by atoms with van der Waals surface area (Å²) in [6, 6.07) is 2.85. The molecule has 0 saturated heterocycles. The monoisotopic (exact) mass is 287 g/mol. The van der Waals surface area contributed by atoms with Crippen molar-refractivity contribution in [1.29, 1.82) is 0 Å². The lowest BCUT2D eigenvalue weighted by Crippen LogP contribution is -2.23. The quantitative estimate of drug-likeness (QED) is 0.878. The smallest absolute Gasteiger partial charge is 0.0731 e. The van der Waals surface area contributed by atoms with Gasteiger partial charge in [-0.05, 0) is 66.2 Å². The van der Waals surface area contributed by atoms with Gasteiger partial charge in [0.05, 0.1) is 3.79 Å². The molecule has 1 saturated carbocycles. The van der Waals surface area contributed by atoms with Crippen molar-refractivity contribution in [2.24, 2.45) is 11.8 Å². The van der Waals surface area contributed by atoms with Crippen molar-refractivity contribution in [2.45, 2.75) is 32.7 Å². The third-order valence-corrected chi connectivity index (χ3v) is 5.60. The van der Waals surface area contributed by atoms with Crippen LogP contribution in [0.15, 0.2) is 9.85 Å². The van der Waals surface area contributed by atoms with E-state index in [9.17, 15) is 0 Å². The molecule has 0 aromatic carbocycles. The molecule has 1 aromatic heterocycles. The van der Waals surface area contributed by atoms with Gasteiger partial charge in [0.15, 0.2) is 0 Å². The molecule has 1 aromatic rings. The second kappa shape index (κ2) is 4.56. The average molecular weight is 288 g/mol. The van der Waals surface area contributed by atoms with E-state index in [2.05, 4.69) is 48.2 Å². The van der Waals surface area contributed by atoms with Crippen molar-refractivity contribution in [3.63, 3.8) is 0 Å². The van der Waals surface area contributed by atoms with Gasteiger partial charge in [0.25, 0.3) is 0 Å². The summed E-state index contributed by atoms with van der Waals surface area (Å²) in [6.07, 6.45) is 2.84. The molecule has 1 N–H and O–H groups in total. The minimum atomic E-state index is 0.535. The van der Waals surface area contributed by atoms with Gasteiger partial charge < -0.3 is 5.32 Å². The highest BCUT2D eigenvalue weighted by Gasteiger charge is 2.34. The number of hydrogen-bond donors (Lipinski definition) is 1. The molecule has 0 bridgehead atoms. The summed E-state index contributed by atoms with van der Waals surface area (Å²) >= 11 is 5.48. The highest BCUT2D eigenvalue weighted by Crippen LogP contribution is 2.44. The Morgan fingerprint density at radius 2 is 2.20 bits per heavy atom. The summed E-state index contributed by atoms with van der Waals surface area (Å²) in [5.41, 5.74) is 1.36. The van der Waals surface area contributed by atoms with Crippen LogP contribution in [0, 0.1) is 18.8 Å². The van der Waals surface area contributed by atoms with Gasteiger partial charge >= 0.3 is 0 Å². The lowest BCUT2D eigenvalue weighted by Gasteiger charge is -2.22. The summed E-state index contributed by atoms with van der Waals surface area (Å²) in [7, 11) is 2.08. The van der Waals surface area contributed by atoms with E-state index in [0.717, 1.165) is 11.8 Å². The van der Waals surface area contributed by atoms with Crippen LogP contribution in [0.4, 0.5) is 0 Å².